The molecule has 2 bridgehead atoms. The molecule has 0 unspecified atom stereocenters. The largest absolute Gasteiger partial charge is 0.353 e. The molecule has 1 aromatic heterocycles. The lowest BCUT2D eigenvalue weighted by Crippen LogP contribution is -2.40. The molecule has 0 aromatic carbocycles. The Bertz CT molecular complexity index is 587. The van der Waals surface area contributed by atoms with Crippen LogP contribution in [0.3, 0.4) is 0 Å². The first-order chi connectivity index (χ1) is 11.7. The van der Waals surface area contributed by atoms with Gasteiger partial charge in [0.15, 0.2) is 4.34 Å². The van der Waals surface area contributed by atoms with Crippen LogP contribution in [0.1, 0.15) is 45.4 Å². The van der Waals surface area contributed by atoms with E-state index in [0.29, 0.717) is 17.7 Å². The number of rotatable bonds is 6. The van der Waals surface area contributed by atoms with E-state index >= 15 is 0 Å². The highest BCUT2D eigenvalue weighted by Gasteiger charge is 2.42. The second-order valence-electron chi connectivity index (χ2n) is 7.53. The molecule has 5 nitrogen and oxygen atoms in total. The van der Waals surface area contributed by atoms with Crippen LogP contribution >= 0.6 is 23.1 Å². The maximum absolute atomic E-state index is 12.3. The van der Waals surface area contributed by atoms with E-state index < -0.39 is 0 Å². The maximum atomic E-state index is 12.3. The van der Waals surface area contributed by atoms with Crippen molar-refractivity contribution in [3.05, 3.63) is 0 Å². The summed E-state index contributed by atoms with van der Waals surface area (Å²) in [4.78, 5) is 14.6. The minimum absolute atomic E-state index is 0.133. The minimum atomic E-state index is 0.133. The fraction of sp³-hybridized carbons (Fsp3) is 0.824. The van der Waals surface area contributed by atoms with Crippen LogP contribution in [0, 0.1) is 17.8 Å². The van der Waals surface area contributed by atoms with E-state index in [9.17, 15) is 4.79 Å². The van der Waals surface area contributed by atoms with Crippen molar-refractivity contribution in [2.75, 3.05) is 23.7 Å². The van der Waals surface area contributed by atoms with E-state index in [2.05, 4.69) is 27.3 Å². The number of thioether (sulfide) groups is 1. The van der Waals surface area contributed by atoms with Gasteiger partial charge < -0.3 is 10.2 Å². The smallest absolute Gasteiger partial charge is 0.230 e. The Balaban J connectivity index is 1.23. The lowest BCUT2D eigenvalue weighted by Gasteiger charge is -2.28. The molecule has 1 amide bonds. The van der Waals surface area contributed by atoms with Gasteiger partial charge >= 0.3 is 0 Å². The van der Waals surface area contributed by atoms with Gasteiger partial charge in [-0.2, -0.15) is 0 Å². The fourth-order valence-corrected chi connectivity index (χ4v) is 6.44. The molecule has 4 atom stereocenters. The van der Waals surface area contributed by atoms with Crippen molar-refractivity contribution >= 4 is 34.1 Å². The summed E-state index contributed by atoms with van der Waals surface area (Å²) < 4.78 is 0.902. The second-order valence-corrected chi connectivity index (χ2v) is 9.71. The molecule has 132 valence electrons. The number of carbonyl (C=O) groups is 1. The molecule has 1 saturated heterocycles. The zero-order valence-electron chi connectivity index (χ0n) is 14.2. The third-order valence-corrected chi connectivity index (χ3v) is 8.04. The summed E-state index contributed by atoms with van der Waals surface area (Å²) in [7, 11) is 0. The molecule has 3 fully saturated rings. The van der Waals surface area contributed by atoms with Crippen molar-refractivity contribution < 1.29 is 4.79 Å². The van der Waals surface area contributed by atoms with E-state index in [1.807, 2.05) is 0 Å². The van der Waals surface area contributed by atoms with Crippen LogP contribution in [0.4, 0.5) is 5.13 Å². The zero-order valence-corrected chi connectivity index (χ0v) is 15.9. The first-order valence-electron chi connectivity index (χ1n) is 9.19. The second kappa shape index (κ2) is 7.20. The molecule has 1 N–H and O–H groups in total. The number of nitrogens with zero attached hydrogens (tertiary/aromatic N) is 3. The summed E-state index contributed by atoms with van der Waals surface area (Å²) in [6.07, 6.45) is 7.97. The predicted octanol–water partition coefficient (Wildman–Crippen LogP) is 3.17. The normalized spacial score (nSPS) is 30.0. The molecule has 2 heterocycles. The van der Waals surface area contributed by atoms with Crippen LogP contribution in [-0.4, -0.2) is 41.0 Å². The molecule has 0 radical (unpaired) electrons. The van der Waals surface area contributed by atoms with Crippen LogP contribution in [-0.2, 0) is 4.79 Å². The van der Waals surface area contributed by atoms with Crippen molar-refractivity contribution in [3.63, 3.8) is 0 Å². The van der Waals surface area contributed by atoms with Gasteiger partial charge in [0.2, 0.25) is 11.0 Å². The summed E-state index contributed by atoms with van der Waals surface area (Å²) >= 11 is 3.13. The van der Waals surface area contributed by atoms with Crippen LogP contribution in [0.2, 0.25) is 0 Å². The highest BCUT2D eigenvalue weighted by atomic mass is 32.2. The number of carbonyl (C=O) groups excluding carboxylic acids is 1. The Labute approximate surface area is 152 Å². The molecule has 4 rings (SSSR count). The molecular formula is C17H26N4OS2. The predicted molar refractivity (Wildman–Crippen MR) is 98.6 cm³/mol. The average molecular weight is 367 g/mol. The van der Waals surface area contributed by atoms with Crippen LogP contribution in [0.25, 0.3) is 0 Å². The maximum Gasteiger partial charge on any atom is 0.230 e. The third-order valence-electron chi connectivity index (χ3n) is 5.92. The molecule has 0 spiro atoms. The van der Waals surface area contributed by atoms with Crippen LogP contribution < -0.4 is 10.2 Å². The first kappa shape index (κ1) is 16.6. The van der Waals surface area contributed by atoms with E-state index in [0.717, 1.165) is 34.4 Å². The summed E-state index contributed by atoms with van der Waals surface area (Å²) in [6.45, 7) is 4.35. The van der Waals surface area contributed by atoms with E-state index in [1.165, 1.54) is 50.3 Å². The number of amides is 1. The van der Waals surface area contributed by atoms with Gasteiger partial charge in [-0.15, -0.1) is 10.2 Å². The molecule has 3 aliphatic rings. The molecule has 1 aliphatic heterocycles. The van der Waals surface area contributed by atoms with Crippen molar-refractivity contribution in [2.24, 2.45) is 17.8 Å². The summed E-state index contributed by atoms with van der Waals surface area (Å²) in [6, 6.07) is 0.308. The molecule has 7 heteroatoms. The van der Waals surface area contributed by atoms with E-state index in [4.69, 9.17) is 0 Å². The number of hydrogen-bond acceptors (Lipinski definition) is 6. The Kier molecular flexibility index (Phi) is 4.99. The average Bonchev–Trinajstić information content (AvgIpc) is 3.37. The first-order valence-corrected chi connectivity index (χ1v) is 11.0. The third kappa shape index (κ3) is 3.57. The van der Waals surface area contributed by atoms with Gasteiger partial charge in [-0.1, -0.05) is 29.5 Å². The topological polar surface area (TPSA) is 58.1 Å². The number of nitrogens with one attached hydrogen (secondary N) is 1. The number of hydrogen-bond donors (Lipinski definition) is 1. The Morgan fingerprint density at radius 3 is 2.88 bits per heavy atom. The highest BCUT2D eigenvalue weighted by molar-refractivity contribution is 8.01. The van der Waals surface area contributed by atoms with Gasteiger partial charge in [0.05, 0.1) is 5.75 Å². The van der Waals surface area contributed by atoms with Crippen molar-refractivity contribution in [3.8, 4) is 0 Å². The molecular weight excluding hydrogens is 340 g/mol. The van der Waals surface area contributed by atoms with E-state index in [1.54, 1.807) is 11.3 Å². The minimum Gasteiger partial charge on any atom is -0.353 e. The van der Waals surface area contributed by atoms with Gasteiger partial charge in [-0.05, 0) is 56.8 Å². The number of aromatic nitrogens is 2. The standard InChI is InChI=1S/C17H26N4OS2/c1-11(14-9-12-4-5-13(14)8-12)18-15(22)10-23-17-20-19-16(24-17)21-6-2-3-7-21/h11-14H,2-10H2,1H3,(H,18,22)/t11-,12+,13+,14-/m1/s1. The summed E-state index contributed by atoms with van der Waals surface area (Å²) in [5, 5.41) is 12.7. The Hall–Kier alpha value is -0.820. The number of anilines is 1. The number of fused-ring (bicyclic) bond motifs is 2. The lowest BCUT2D eigenvalue weighted by atomic mass is 9.84. The van der Waals surface area contributed by atoms with E-state index in [-0.39, 0.29) is 5.91 Å². The zero-order chi connectivity index (χ0) is 16.5. The van der Waals surface area contributed by atoms with Crippen molar-refractivity contribution in [1.82, 2.24) is 15.5 Å². The van der Waals surface area contributed by atoms with Crippen LogP contribution in [0.5, 0.6) is 0 Å². The summed E-state index contributed by atoms with van der Waals surface area (Å²) in [5.74, 6) is 3.05. The molecule has 1 aromatic rings. The summed E-state index contributed by atoms with van der Waals surface area (Å²) in [5.41, 5.74) is 0. The SMILES string of the molecule is C[C@@H](NC(=O)CSc1nnc(N2CCCC2)s1)[C@H]1C[C@H]2CC[C@H]1C2. The molecule has 2 saturated carbocycles. The Morgan fingerprint density at radius 2 is 2.17 bits per heavy atom. The quantitative estimate of drug-likeness (QED) is 0.784. The lowest BCUT2D eigenvalue weighted by molar-refractivity contribution is -0.119. The molecule has 24 heavy (non-hydrogen) atoms. The fourth-order valence-electron chi connectivity index (χ4n) is 4.73. The monoisotopic (exact) mass is 366 g/mol. The van der Waals surface area contributed by atoms with Crippen LogP contribution in [0.15, 0.2) is 4.34 Å². The highest BCUT2D eigenvalue weighted by Crippen LogP contribution is 2.49. The van der Waals surface area contributed by atoms with Gasteiger partial charge in [0.1, 0.15) is 0 Å². The Morgan fingerprint density at radius 1 is 1.33 bits per heavy atom. The van der Waals surface area contributed by atoms with Gasteiger partial charge in [0.25, 0.3) is 0 Å². The van der Waals surface area contributed by atoms with Gasteiger partial charge in [0, 0.05) is 19.1 Å². The van der Waals surface area contributed by atoms with Crippen molar-refractivity contribution in [2.45, 2.75) is 55.8 Å². The van der Waals surface area contributed by atoms with Gasteiger partial charge in [-0.25, -0.2) is 0 Å². The molecule has 2 aliphatic carbocycles. The van der Waals surface area contributed by atoms with Crippen molar-refractivity contribution in [1.29, 1.82) is 0 Å². The van der Waals surface area contributed by atoms with Gasteiger partial charge in [-0.3, -0.25) is 4.79 Å².